The maximum atomic E-state index is 13.5. The highest BCUT2D eigenvalue weighted by Crippen LogP contribution is 2.16. The van der Waals surface area contributed by atoms with E-state index in [0.29, 0.717) is 23.6 Å². The molecule has 1 rings (SSSR count). The summed E-state index contributed by atoms with van der Waals surface area (Å²) in [7, 11) is 1.67. The zero-order valence-electron chi connectivity index (χ0n) is 10.3. The Hall–Kier alpha value is -0.640. The van der Waals surface area contributed by atoms with Crippen molar-refractivity contribution in [3.63, 3.8) is 0 Å². The van der Waals surface area contributed by atoms with Crippen LogP contribution in [0.4, 0.5) is 4.39 Å². The van der Waals surface area contributed by atoms with Crippen LogP contribution in [0.3, 0.4) is 0 Å². The number of hydrogen-bond acceptors (Lipinski definition) is 2. The molecule has 1 aromatic carbocycles. The number of halogens is 2. The Kier molecular flexibility index (Phi) is 6.48. The molecule has 1 atom stereocenters. The summed E-state index contributed by atoms with van der Waals surface area (Å²) in [6, 6.07) is 5.08. The molecule has 0 amide bonds. The van der Waals surface area contributed by atoms with Crippen LogP contribution in [0.5, 0.6) is 0 Å². The molecule has 0 aliphatic heterocycles. The van der Waals surface area contributed by atoms with E-state index in [0.717, 1.165) is 13.0 Å². The zero-order chi connectivity index (χ0) is 12.7. The average molecular weight is 260 g/mol. The molecule has 0 aliphatic rings. The van der Waals surface area contributed by atoms with E-state index in [-0.39, 0.29) is 11.9 Å². The minimum absolute atomic E-state index is 0.231. The van der Waals surface area contributed by atoms with Crippen LogP contribution in [0.1, 0.15) is 18.9 Å². The summed E-state index contributed by atoms with van der Waals surface area (Å²) in [5.41, 5.74) is 0.702. The highest BCUT2D eigenvalue weighted by atomic mass is 35.5. The SMILES string of the molecule is CCNC(CCc1ccc(Cl)cc1F)COC. The summed E-state index contributed by atoms with van der Waals surface area (Å²) in [6.45, 7) is 3.58. The van der Waals surface area contributed by atoms with E-state index in [1.165, 1.54) is 6.07 Å². The van der Waals surface area contributed by atoms with Gasteiger partial charge < -0.3 is 10.1 Å². The molecule has 4 heteroatoms. The van der Waals surface area contributed by atoms with Crippen LogP contribution in [-0.4, -0.2) is 26.3 Å². The molecule has 1 unspecified atom stereocenters. The minimum Gasteiger partial charge on any atom is -0.383 e. The lowest BCUT2D eigenvalue weighted by molar-refractivity contribution is 0.163. The Labute approximate surface area is 107 Å². The van der Waals surface area contributed by atoms with E-state index in [9.17, 15) is 4.39 Å². The molecule has 0 fully saturated rings. The number of hydrogen-bond donors (Lipinski definition) is 1. The highest BCUT2D eigenvalue weighted by molar-refractivity contribution is 6.30. The van der Waals surface area contributed by atoms with E-state index >= 15 is 0 Å². The lowest BCUT2D eigenvalue weighted by Crippen LogP contribution is -2.33. The second-order valence-corrected chi connectivity index (χ2v) is 4.42. The van der Waals surface area contributed by atoms with Crippen LogP contribution in [0.15, 0.2) is 18.2 Å². The van der Waals surface area contributed by atoms with Gasteiger partial charge in [-0.2, -0.15) is 0 Å². The third-order valence-electron chi connectivity index (χ3n) is 2.64. The van der Waals surface area contributed by atoms with Crippen LogP contribution < -0.4 is 5.32 Å². The predicted molar refractivity (Wildman–Crippen MR) is 69.1 cm³/mol. The summed E-state index contributed by atoms with van der Waals surface area (Å²) in [6.07, 6.45) is 1.53. The quantitative estimate of drug-likeness (QED) is 0.813. The molecule has 17 heavy (non-hydrogen) atoms. The Bertz CT molecular complexity index is 340. The summed E-state index contributed by atoms with van der Waals surface area (Å²) < 4.78 is 18.7. The van der Waals surface area contributed by atoms with E-state index < -0.39 is 0 Å². The third kappa shape index (κ3) is 5.02. The Morgan fingerprint density at radius 1 is 1.47 bits per heavy atom. The standard InChI is InChI=1S/C13H19ClFNO/c1-3-16-12(9-17-2)7-5-10-4-6-11(14)8-13(10)15/h4,6,8,12,16H,3,5,7,9H2,1-2H3. The van der Waals surface area contributed by atoms with Gasteiger partial charge in [-0.1, -0.05) is 24.6 Å². The van der Waals surface area contributed by atoms with Crippen molar-refractivity contribution in [3.8, 4) is 0 Å². The number of methoxy groups -OCH3 is 1. The van der Waals surface area contributed by atoms with Crippen molar-refractivity contribution in [2.75, 3.05) is 20.3 Å². The normalized spacial score (nSPS) is 12.7. The second-order valence-electron chi connectivity index (χ2n) is 3.98. The van der Waals surface area contributed by atoms with Crippen molar-refractivity contribution in [3.05, 3.63) is 34.6 Å². The third-order valence-corrected chi connectivity index (χ3v) is 2.87. The van der Waals surface area contributed by atoms with Gasteiger partial charge >= 0.3 is 0 Å². The van der Waals surface area contributed by atoms with Gasteiger partial charge in [-0.3, -0.25) is 0 Å². The van der Waals surface area contributed by atoms with Gasteiger partial charge in [0.25, 0.3) is 0 Å². The lowest BCUT2D eigenvalue weighted by Gasteiger charge is -2.16. The Morgan fingerprint density at radius 3 is 2.82 bits per heavy atom. The molecule has 0 spiro atoms. The molecule has 96 valence electrons. The molecule has 0 saturated carbocycles. The van der Waals surface area contributed by atoms with E-state index in [1.807, 2.05) is 6.92 Å². The number of ether oxygens (including phenoxy) is 1. The average Bonchev–Trinajstić information content (AvgIpc) is 2.28. The van der Waals surface area contributed by atoms with Gasteiger partial charge in [0.05, 0.1) is 6.61 Å². The van der Waals surface area contributed by atoms with Crippen LogP contribution >= 0.6 is 11.6 Å². The Balaban J connectivity index is 2.52. The van der Waals surface area contributed by atoms with Gasteiger partial charge in [0, 0.05) is 18.2 Å². The summed E-state index contributed by atoms with van der Waals surface area (Å²) in [5.74, 6) is -0.231. The fourth-order valence-corrected chi connectivity index (χ4v) is 1.95. The maximum Gasteiger partial charge on any atom is 0.127 e. The summed E-state index contributed by atoms with van der Waals surface area (Å²) >= 11 is 5.71. The van der Waals surface area contributed by atoms with E-state index in [2.05, 4.69) is 5.32 Å². The topological polar surface area (TPSA) is 21.3 Å². The molecule has 0 heterocycles. The highest BCUT2D eigenvalue weighted by Gasteiger charge is 2.09. The Morgan fingerprint density at radius 2 is 2.24 bits per heavy atom. The largest absolute Gasteiger partial charge is 0.383 e. The first-order chi connectivity index (χ1) is 8.17. The van der Waals surface area contributed by atoms with Crippen molar-refractivity contribution in [2.45, 2.75) is 25.8 Å². The van der Waals surface area contributed by atoms with Crippen LogP contribution in [0.2, 0.25) is 5.02 Å². The van der Waals surface area contributed by atoms with Crippen LogP contribution in [0, 0.1) is 5.82 Å². The first kappa shape index (κ1) is 14.4. The number of likely N-dealkylation sites (N-methyl/N-ethyl adjacent to an activating group) is 1. The van der Waals surface area contributed by atoms with Crippen molar-refractivity contribution >= 4 is 11.6 Å². The number of benzene rings is 1. The molecule has 2 nitrogen and oxygen atoms in total. The number of aryl methyl sites for hydroxylation is 1. The number of nitrogens with one attached hydrogen (secondary N) is 1. The number of rotatable bonds is 7. The second kappa shape index (κ2) is 7.64. The van der Waals surface area contributed by atoms with Gasteiger partial charge in [0.1, 0.15) is 5.82 Å². The van der Waals surface area contributed by atoms with Crippen molar-refractivity contribution < 1.29 is 9.13 Å². The molecular formula is C13H19ClFNO. The zero-order valence-corrected chi connectivity index (χ0v) is 11.1. The van der Waals surface area contributed by atoms with Gasteiger partial charge in [-0.05, 0) is 37.1 Å². The first-order valence-corrected chi connectivity index (χ1v) is 6.21. The molecule has 0 saturated heterocycles. The fourth-order valence-electron chi connectivity index (χ4n) is 1.79. The first-order valence-electron chi connectivity index (χ1n) is 5.83. The minimum atomic E-state index is -0.231. The lowest BCUT2D eigenvalue weighted by atomic mass is 10.1. The molecule has 0 aromatic heterocycles. The molecule has 0 aliphatic carbocycles. The maximum absolute atomic E-state index is 13.5. The van der Waals surface area contributed by atoms with Crippen LogP contribution in [-0.2, 0) is 11.2 Å². The van der Waals surface area contributed by atoms with Crippen molar-refractivity contribution in [1.82, 2.24) is 5.32 Å². The van der Waals surface area contributed by atoms with E-state index in [4.69, 9.17) is 16.3 Å². The van der Waals surface area contributed by atoms with Crippen molar-refractivity contribution in [1.29, 1.82) is 0 Å². The summed E-state index contributed by atoms with van der Waals surface area (Å²) in [4.78, 5) is 0. The smallest absolute Gasteiger partial charge is 0.127 e. The van der Waals surface area contributed by atoms with E-state index in [1.54, 1.807) is 19.2 Å². The van der Waals surface area contributed by atoms with Crippen molar-refractivity contribution in [2.24, 2.45) is 0 Å². The van der Waals surface area contributed by atoms with Gasteiger partial charge in [-0.15, -0.1) is 0 Å². The van der Waals surface area contributed by atoms with Gasteiger partial charge in [0.2, 0.25) is 0 Å². The molecule has 1 N–H and O–H groups in total. The predicted octanol–water partition coefficient (Wildman–Crippen LogP) is 3.04. The molecular weight excluding hydrogens is 241 g/mol. The molecule has 0 radical (unpaired) electrons. The molecule has 1 aromatic rings. The van der Waals surface area contributed by atoms with Crippen LogP contribution in [0.25, 0.3) is 0 Å². The monoisotopic (exact) mass is 259 g/mol. The van der Waals surface area contributed by atoms with Gasteiger partial charge in [-0.25, -0.2) is 4.39 Å². The van der Waals surface area contributed by atoms with Gasteiger partial charge in [0.15, 0.2) is 0 Å². The fraction of sp³-hybridized carbons (Fsp3) is 0.538. The summed E-state index contributed by atoms with van der Waals surface area (Å²) in [5, 5.41) is 3.75. The molecule has 0 bridgehead atoms.